The molecule has 0 amide bonds. The number of nitrogens with zero attached hydrogens (tertiary/aromatic N) is 1. The van der Waals surface area contributed by atoms with E-state index in [4.69, 9.17) is 4.74 Å². The zero-order valence-corrected chi connectivity index (χ0v) is 12.9. The van der Waals surface area contributed by atoms with Crippen molar-refractivity contribution in [1.29, 1.82) is 0 Å². The van der Waals surface area contributed by atoms with E-state index in [2.05, 4.69) is 24.2 Å². The molecule has 2 saturated carbocycles. The van der Waals surface area contributed by atoms with Gasteiger partial charge in [-0.1, -0.05) is 6.92 Å². The van der Waals surface area contributed by atoms with Crippen LogP contribution in [0.4, 0.5) is 0 Å². The van der Waals surface area contributed by atoms with Gasteiger partial charge in [0, 0.05) is 25.2 Å². The molecule has 0 saturated heterocycles. The zero-order chi connectivity index (χ0) is 13.5. The standard InChI is InChI=1S/C16H32N2O/c1-3-10-17-15-6-8-16(9-7-15)18(2)11-12-19-13-14-4-5-14/h14-17H,3-13H2,1-2H3. The topological polar surface area (TPSA) is 24.5 Å². The lowest BCUT2D eigenvalue weighted by atomic mass is 9.90. The molecule has 0 unspecified atom stereocenters. The minimum Gasteiger partial charge on any atom is -0.380 e. The molecule has 0 aliphatic heterocycles. The van der Waals surface area contributed by atoms with Crippen molar-refractivity contribution >= 4 is 0 Å². The SMILES string of the molecule is CCCNC1CCC(N(C)CCOCC2CC2)CC1. The maximum atomic E-state index is 5.74. The summed E-state index contributed by atoms with van der Waals surface area (Å²) in [7, 11) is 2.27. The Kier molecular flexibility index (Phi) is 6.62. The predicted molar refractivity (Wildman–Crippen MR) is 80.5 cm³/mol. The quantitative estimate of drug-likeness (QED) is 0.651. The van der Waals surface area contributed by atoms with Crippen LogP contribution < -0.4 is 5.32 Å². The fourth-order valence-corrected chi connectivity index (χ4v) is 2.99. The normalized spacial score (nSPS) is 27.9. The maximum Gasteiger partial charge on any atom is 0.0593 e. The van der Waals surface area contributed by atoms with Gasteiger partial charge in [0.15, 0.2) is 0 Å². The minimum atomic E-state index is 0.774. The second kappa shape index (κ2) is 8.23. The fourth-order valence-electron chi connectivity index (χ4n) is 2.99. The third-order valence-corrected chi connectivity index (χ3v) is 4.64. The summed E-state index contributed by atoms with van der Waals surface area (Å²) in [6, 6.07) is 1.56. The highest BCUT2D eigenvalue weighted by Crippen LogP contribution is 2.28. The van der Waals surface area contributed by atoms with Gasteiger partial charge in [0.1, 0.15) is 0 Å². The summed E-state index contributed by atoms with van der Waals surface area (Å²) >= 11 is 0. The highest BCUT2D eigenvalue weighted by atomic mass is 16.5. The van der Waals surface area contributed by atoms with Crippen LogP contribution in [0.1, 0.15) is 51.9 Å². The molecule has 2 rings (SSSR count). The molecule has 2 aliphatic rings. The van der Waals surface area contributed by atoms with Crippen LogP contribution in [0.5, 0.6) is 0 Å². The Bertz CT molecular complexity index is 235. The lowest BCUT2D eigenvalue weighted by Crippen LogP contribution is -2.42. The smallest absolute Gasteiger partial charge is 0.0593 e. The van der Waals surface area contributed by atoms with Crippen molar-refractivity contribution in [1.82, 2.24) is 10.2 Å². The summed E-state index contributed by atoms with van der Waals surface area (Å²) in [6.07, 6.45) is 9.42. The average molecular weight is 268 g/mol. The van der Waals surface area contributed by atoms with Crippen LogP contribution in [0.2, 0.25) is 0 Å². The van der Waals surface area contributed by atoms with Gasteiger partial charge in [-0.2, -0.15) is 0 Å². The van der Waals surface area contributed by atoms with Crippen LogP contribution in [0.3, 0.4) is 0 Å². The molecule has 19 heavy (non-hydrogen) atoms. The molecular weight excluding hydrogens is 236 g/mol. The average Bonchev–Trinajstić information content (AvgIpc) is 3.26. The molecule has 112 valence electrons. The first kappa shape index (κ1) is 15.3. The van der Waals surface area contributed by atoms with Crippen molar-refractivity contribution in [3.8, 4) is 0 Å². The van der Waals surface area contributed by atoms with Crippen LogP contribution >= 0.6 is 0 Å². The van der Waals surface area contributed by atoms with Gasteiger partial charge in [-0.05, 0) is 64.5 Å². The fraction of sp³-hybridized carbons (Fsp3) is 1.00. The summed E-state index contributed by atoms with van der Waals surface area (Å²) in [5.41, 5.74) is 0. The summed E-state index contributed by atoms with van der Waals surface area (Å²) < 4.78 is 5.74. The molecule has 0 spiro atoms. The van der Waals surface area contributed by atoms with E-state index >= 15 is 0 Å². The Morgan fingerprint density at radius 1 is 1.11 bits per heavy atom. The second-order valence-corrected chi connectivity index (χ2v) is 6.46. The Morgan fingerprint density at radius 2 is 1.84 bits per heavy atom. The summed E-state index contributed by atoms with van der Waals surface area (Å²) in [6.45, 7) is 6.45. The molecule has 1 N–H and O–H groups in total. The van der Waals surface area contributed by atoms with Crippen molar-refractivity contribution in [3.05, 3.63) is 0 Å². The first-order valence-corrected chi connectivity index (χ1v) is 8.31. The van der Waals surface area contributed by atoms with E-state index in [9.17, 15) is 0 Å². The number of nitrogens with one attached hydrogen (secondary N) is 1. The van der Waals surface area contributed by atoms with Crippen molar-refractivity contribution in [3.63, 3.8) is 0 Å². The molecular formula is C16H32N2O. The van der Waals surface area contributed by atoms with Crippen molar-refractivity contribution in [2.24, 2.45) is 5.92 Å². The van der Waals surface area contributed by atoms with Crippen molar-refractivity contribution < 1.29 is 4.74 Å². The van der Waals surface area contributed by atoms with E-state index in [1.165, 1.54) is 51.5 Å². The number of likely N-dealkylation sites (N-methyl/N-ethyl adjacent to an activating group) is 1. The predicted octanol–water partition coefficient (Wildman–Crippen LogP) is 2.66. The Hall–Kier alpha value is -0.120. The second-order valence-electron chi connectivity index (χ2n) is 6.46. The van der Waals surface area contributed by atoms with E-state index in [1.807, 2.05) is 0 Å². The van der Waals surface area contributed by atoms with Crippen LogP contribution in [0.15, 0.2) is 0 Å². The van der Waals surface area contributed by atoms with Crippen molar-refractivity contribution in [2.45, 2.75) is 64.0 Å². The highest BCUT2D eigenvalue weighted by Gasteiger charge is 2.24. The lowest BCUT2D eigenvalue weighted by molar-refractivity contribution is 0.0814. The lowest BCUT2D eigenvalue weighted by Gasteiger charge is -2.35. The summed E-state index contributed by atoms with van der Waals surface area (Å²) in [5.74, 6) is 0.894. The Labute approximate surface area is 119 Å². The maximum absolute atomic E-state index is 5.74. The number of rotatable bonds is 9. The molecule has 3 nitrogen and oxygen atoms in total. The molecule has 3 heteroatoms. The van der Waals surface area contributed by atoms with E-state index < -0.39 is 0 Å². The molecule has 0 radical (unpaired) electrons. The molecule has 0 aromatic rings. The first-order valence-electron chi connectivity index (χ1n) is 8.31. The summed E-state index contributed by atoms with van der Waals surface area (Å²) in [4.78, 5) is 2.52. The first-order chi connectivity index (χ1) is 9.29. The van der Waals surface area contributed by atoms with Crippen LogP contribution in [0, 0.1) is 5.92 Å². The minimum absolute atomic E-state index is 0.774. The van der Waals surface area contributed by atoms with Crippen LogP contribution in [0.25, 0.3) is 0 Å². The van der Waals surface area contributed by atoms with Gasteiger partial charge in [0.05, 0.1) is 6.61 Å². The third kappa shape index (κ3) is 5.80. The molecule has 0 aromatic heterocycles. The van der Waals surface area contributed by atoms with Gasteiger partial charge in [-0.15, -0.1) is 0 Å². The van der Waals surface area contributed by atoms with Crippen LogP contribution in [-0.2, 0) is 4.74 Å². The Balaban J connectivity index is 1.52. The van der Waals surface area contributed by atoms with Gasteiger partial charge < -0.3 is 15.0 Å². The third-order valence-electron chi connectivity index (χ3n) is 4.64. The Morgan fingerprint density at radius 3 is 2.47 bits per heavy atom. The zero-order valence-electron chi connectivity index (χ0n) is 12.9. The molecule has 0 heterocycles. The number of ether oxygens (including phenoxy) is 1. The van der Waals surface area contributed by atoms with Gasteiger partial charge in [0.25, 0.3) is 0 Å². The van der Waals surface area contributed by atoms with Gasteiger partial charge in [0.2, 0.25) is 0 Å². The summed E-state index contributed by atoms with van der Waals surface area (Å²) in [5, 5.41) is 3.66. The van der Waals surface area contributed by atoms with Gasteiger partial charge in [-0.25, -0.2) is 0 Å². The van der Waals surface area contributed by atoms with Gasteiger partial charge in [-0.3, -0.25) is 0 Å². The highest BCUT2D eigenvalue weighted by molar-refractivity contribution is 4.81. The van der Waals surface area contributed by atoms with E-state index in [0.717, 1.165) is 37.8 Å². The molecule has 0 atom stereocenters. The van der Waals surface area contributed by atoms with Crippen molar-refractivity contribution in [2.75, 3.05) is 33.4 Å². The van der Waals surface area contributed by atoms with E-state index in [-0.39, 0.29) is 0 Å². The number of hydrogen-bond acceptors (Lipinski definition) is 3. The molecule has 2 fully saturated rings. The van der Waals surface area contributed by atoms with Gasteiger partial charge >= 0.3 is 0 Å². The molecule has 2 aliphatic carbocycles. The number of hydrogen-bond donors (Lipinski definition) is 1. The molecule has 0 bridgehead atoms. The monoisotopic (exact) mass is 268 g/mol. The van der Waals surface area contributed by atoms with E-state index in [0.29, 0.717) is 0 Å². The van der Waals surface area contributed by atoms with Crippen LogP contribution in [-0.4, -0.2) is 50.3 Å². The largest absolute Gasteiger partial charge is 0.380 e. The molecule has 0 aromatic carbocycles. The van der Waals surface area contributed by atoms with E-state index in [1.54, 1.807) is 0 Å².